The van der Waals surface area contributed by atoms with Crippen LogP contribution in [0.1, 0.15) is 63.0 Å². The molecule has 1 aliphatic rings. The Morgan fingerprint density at radius 3 is 2.48 bits per heavy atom. The van der Waals surface area contributed by atoms with E-state index in [2.05, 4.69) is 24.3 Å². The van der Waals surface area contributed by atoms with Crippen LogP contribution in [0.5, 0.6) is 0 Å². The van der Waals surface area contributed by atoms with E-state index in [1.54, 1.807) is 6.92 Å². The van der Waals surface area contributed by atoms with E-state index in [0.717, 1.165) is 5.56 Å². The van der Waals surface area contributed by atoms with Crippen molar-refractivity contribution in [3.63, 3.8) is 0 Å². The second kappa shape index (κ2) is 8.41. The highest BCUT2D eigenvalue weighted by Gasteiger charge is 2.18. The number of nitrogens with zero attached hydrogens (tertiary/aromatic N) is 1. The Morgan fingerprint density at radius 1 is 1.30 bits per heavy atom. The molecule has 2 rings (SSSR count). The first-order chi connectivity index (χ1) is 11.0. The van der Waals surface area contributed by atoms with Gasteiger partial charge in [0, 0.05) is 6.92 Å². The maximum absolute atomic E-state index is 11.0. The van der Waals surface area contributed by atoms with E-state index < -0.39 is 6.10 Å². The van der Waals surface area contributed by atoms with Crippen LogP contribution in [-0.2, 0) is 16.1 Å². The molecule has 0 unspecified atom stereocenters. The van der Waals surface area contributed by atoms with Gasteiger partial charge in [0.25, 0.3) is 0 Å². The van der Waals surface area contributed by atoms with Crippen molar-refractivity contribution in [1.29, 1.82) is 0 Å². The summed E-state index contributed by atoms with van der Waals surface area (Å²) in [6.45, 7) is 3.61. The van der Waals surface area contributed by atoms with E-state index in [-0.39, 0.29) is 5.97 Å². The van der Waals surface area contributed by atoms with Crippen LogP contribution in [0.2, 0.25) is 0 Å². The van der Waals surface area contributed by atoms with Gasteiger partial charge < -0.3 is 4.74 Å². The molecule has 0 radical (unpaired) electrons. The molecule has 1 aromatic carbocycles. The number of carbonyl (C=O) groups is 1. The molecular formula is C18H26N2O2S. The van der Waals surface area contributed by atoms with Gasteiger partial charge >= 0.3 is 5.97 Å². The van der Waals surface area contributed by atoms with Crippen molar-refractivity contribution in [3.8, 4) is 0 Å². The van der Waals surface area contributed by atoms with Gasteiger partial charge in [-0.25, -0.2) is 5.84 Å². The Balaban J connectivity index is 1.91. The highest BCUT2D eigenvalue weighted by atomic mass is 32.1. The van der Waals surface area contributed by atoms with Crippen LogP contribution in [0.15, 0.2) is 24.3 Å². The normalized spacial score (nSPS) is 16.7. The lowest BCUT2D eigenvalue weighted by molar-refractivity contribution is -0.142. The standard InChI is InChI=1S/C18H26N2O2S/c1-13(22-14(2)21)18(23)20(19)12-15-8-10-17(11-9-15)16-6-4-3-5-7-16/h8-11,13,16H,3-7,12,19H2,1-2H3/t13-/m0/s1. The predicted molar refractivity (Wildman–Crippen MR) is 95.8 cm³/mol. The summed E-state index contributed by atoms with van der Waals surface area (Å²) in [4.78, 5) is 11.4. The average Bonchev–Trinajstić information content (AvgIpc) is 2.55. The van der Waals surface area contributed by atoms with Crippen molar-refractivity contribution in [1.82, 2.24) is 5.01 Å². The minimum atomic E-state index is -0.492. The number of hydrogen-bond acceptors (Lipinski definition) is 4. The monoisotopic (exact) mass is 334 g/mol. The summed E-state index contributed by atoms with van der Waals surface area (Å²) in [5.74, 6) is 6.36. The fourth-order valence-electron chi connectivity index (χ4n) is 3.14. The van der Waals surface area contributed by atoms with Crippen molar-refractivity contribution in [2.45, 2.75) is 64.5 Å². The van der Waals surface area contributed by atoms with E-state index >= 15 is 0 Å². The molecule has 5 heteroatoms. The number of ether oxygens (including phenoxy) is 1. The minimum Gasteiger partial charge on any atom is -0.455 e. The van der Waals surface area contributed by atoms with Gasteiger partial charge in [0.15, 0.2) is 6.10 Å². The van der Waals surface area contributed by atoms with Crippen LogP contribution < -0.4 is 5.84 Å². The molecule has 0 aromatic heterocycles. The van der Waals surface area contributed by atoms with Crippen LogP contribution in [0, 0.1) is 0 Å². The molecule has 126 valence electrons. The summed E-state index contributed by atoms with van der Waals surface area (Å²) in [7, 11) is 0. The van der Waals surface area contributed by atoms with E-state index in [9.17, 15) is 4.79 Å². The topological polar surface area (TPSA) is 55.6 Å². The SMILES string of the molecule is CC(=O)O[C@@H](C)C(=S)N(N)Cc1ccc(C2CCCCC2)cc1. The summed E-state index contributed by atoms with van der Waals surface area (Å²) in [5.41, 5.74) is 2.53. The van der Waals surface area contributed by atoms with Crippen molar-refractivity contribution in [2.24, 2.45) is 5.84 Å². The van der Waals surface area contributed by atoms with Crippen molar-refractivity contribution >= 4 is 23.2 Å². The zero-order valence-corrected chi connectivity index (χ0v) is 14.8. The van der Waals surface area contributed by atoms with Crippen LogP contribution in [0.25, 0.3) is 0 Å². The number of hydrogen-bond donors (Lipinski definition) is 1. The summed E-state index contributed by atoms with van der Waals surface area (Å²) >= 11 is 5.27. The third kappa shape index (κ3) is 5.29. The van der Waals surface area contributed by atoms with E-state index in [4.69, 9.17) is 22.8 Å². The van der Waals surface area contributed by atoms with Gasteiger partial charge in [-0.05, 0) is 36.8 Å². The van der Waals surface area contributed by atoms with Gasteiger partial charge in [0.1, 0.15) is 4.99 Å². The number of thiocarbonyl (C=S) groups is 1. The molecule has 0 saturated heterocycles. The van der Waals surface area contributed by atoms with Crippen LogP contribution in [-0.4, -0.2) is 22.1 Å². The largest absolute Gasteiger partial charge is 0.455 e. The van der Waals surface area contributed by atoms with Gasteiger partial charge in [-0.15, -0.1) is 0 Å². The maximum Gasteiger partial charge on any atom is 0.303 e. The number of hydrazine groups is 1. The molecule has 0 heterocycles. The molecule has 4 nitrogen and oxygen atoms in total. The van der Waals surface area contributed by atoms with E-state index in [0.29, 0.717) is 17.5 Å². The highest BCUT2D eigenvalue weighted by Crippen LogP contribution is 2.32. The van der Waals surface area contributed by atoms with Crippen molar-refractivity contribution < 1.29 is 9.53 Å². The van der Waals surface area contributed by atoms with E-state index in [1.165, 1.54) is 49.6 Å². The molecule has 1 fully saturated rings. The Kier molecular flexibility index (Phi) is 6.54. The Morgan fingerprint density at radius 2 is 1.91 bits per heavy atom. The van der Waals surface area contributed by atoms with Gasteiger partial charge in [0.2, 0.25) is 0 Å². The van der Waals surface area contributed by atoms with Gasteiger partial charge in [0.05, 0.1) is 6.54 Å². The first-order valence-electron chi connectivity index (χ1n) is 8.29. The minimum absolute atomic E-state index is 0.356. The lowest BCUT2D eigenvalue weighted by Gasteiger charge is -2.24. The molecule has 1 saturated carbocycles. The fourth-order valence-corrected chi connectivity index (χ4v) is 3.25. The summed E-state index contributed by atoms with van der Waals surface area (Å²) in [6.07, 6.45) is 6.15. The molecule has 0 aliphatic heterocycles. The quantitative estimate of drug-likeness (QED) is 0.385. The maximum atomic E-state index is 11.0. The first kappa shape index (κ1) is 17.9. The zero-order valence-electron chi connectivity index (χ0n) is 14.0. The fraction of sp³-hybridized carbons (Fsp3) is 0.556. The summed E-state index contributed by atoms with van der Waals surface area (Å²) in [6, 6.07) is 8.64. The summed E-state index contributed by atoms with van der Waals surface area (Å²) < 4.78 is 5.07. The highest BCUT2D eigenvalue weighted by molar-refractivity contribution is 7.80. The Hall–Kier alpha value is -1.46. The second-order valence-electron chi connectivity index (χ2n) is 6.29. The Bertz CT molecular complexity index is 538. The predicted octanol–water partition coefficient (Wildman–Crippen LogP) is 3.69. The van der Waals surface area contributed by atoms with Gasteiger partial charge in [-0.2, -0.15) is 0 Å². The van der Waals surface area contributed by atoms with Crippen LogP contribution in [0.3, 0.4) is 0 Å². The third-order valence-corrected chi connectivity index (χ3v) is 4.95. The second-order valence-corrected chi connectivity index (χ2v) is 6.71. The number of carbonyl (C=O) groups excluding carboxylic acids is 1. The smallest absolute Gasteiger partial charge is 0.303 e. The third-order valence-electron chi connectivity index (χ3n) is 4.38. The first-order valence-corrected chi connectivity index (χ1v) is 8.70. The van der Waals surface area contributed by atoms with Gasteiger partial charge in [-0.3, -0.25) is 9.80 Å². The Labute approximate surface area is 144 Å². The number of nitrogens with two attached hydrogens (primary N) is 1. The van der Waals surface area contributed by atoms with Gasteiger partial charge in [-0.1, -0.05) is 55.7 Å². The molecule has 23 heavy (non-hydrogen) atoms. The van der Waals surface area contributed by atoms with Crippen molar-refractivity contribution in [3.05, 3.63) is 35.4 Å². The number of benzene rings is 1. The van der Waals surface area contributed by atoms with Crippen LogP contribution in [0.4, 0.5) is 0 Å². The average molecular weight is 334 g/mol. The summed E-state index contributed by atoms with van der Waals surface area (Å²) in [5, 5.41) is 1.47. The van der Waals surface area contributed by atoms with Crippen molar-refractivity contribution in [2.75, 3.05) is 0 Å². The van der Waals surface area contributed by atoms with E-state index in [1.807, 2.05) is 0 Å². The molecule has 1 aromatic rings. The molecular weight excluding hydrogens is 308 g/mol. The number of rotatable bonds is 5. The molecule has 0 bridgehead atoms. The molecule has 0 spiro atoms. The lowest BCUT2D eigenvalue weighted by Crippen LogP contribution is -2.42. The van der Waals surface area contributed by atoms with Crippen LogP contribution >= 0.6 is 12.2 Å². The molecule has 1 atom stereocenters. The number of esters is 1. The lowest BCUT2D eigenvalue weighted by atomic mass is 9.84. The molecule has 2 N–H and O–H groups in total. The molecule has 1 aliphatic carbocycles. The zero-order chi connectivity index (χ0) is 16.8. The molecule has 0 amide bonds.